The fourth-order valence-electron chi connectivity index (χ4n) is 1.99. The summed E-state index contributed by atoms with van der Waals surface area (Å²) in [6.45, 7) is -0.454. The summed E-state index contributed by atoms with van der Waals surface area (Å²) in [7, 11) is 1.35. The molecule has 0 aliphatic heterocycles. The zero-order chi connectivity index (χ0) is 19.3. The van der Waals surface area contributed by atoms with Crippen molar-refractivity contribution in [2.24, 2.45) is 10.8 Å². The maximum absolute atomic E-state index is 13.6. The molecule has 2 amide bonds. The van der Waals surface area contributed by atoms with Crippen LogP contribution in [0.25, 0.3) is 0 Å². The number of carbonyl (C=O) groups is 1. The lowest BCUT2D eigenvalue weighted by molar-refractivity contribution is 0.249. The molecule has 0 unspecified atom stereocenters. The number of hydrogen-bond acceptors (Lipinski definition) is 4. The molecular formula is C16H13F4N3O3. The van der Waals surface area contributed by atoms with Gasteiger partial charge in [-0.3, -0.25) is 0 Å². The molecule has 0 radical (unpaired) electrons. The first-order valence-corrected chi connectivity index (χ1v) is 7.04. The highest BCUT2D eigenvalue weighted by molar-refractivity contribution is 5.82. The summed E-state index contributed by atoms with van der Waals surface area (Å²) in [5.74, 6) is -7.34. The zero-order valence-electron chi connectivity index (χ0n) is 13.4. The standard InChI is InChI=1S/C16H13F4N3O3/c1-25-12-3-2-8(6-22-23-16(21)24)4-9(12)7-26-15-13(19)10(17)5-11(18)14(15)20/h2-6H,7H2,1H3,(H3,21,23,24). The Bertz CT molecular complexity index is 833. The van der Waals surface area contributed by atoms with Crippen molar-refractivity contribution in [3.63, 3.8) is 0 Å². The van der Waals surface area contributed by atoms with E-state index in [1.54, 1.807) is 6.07 Å². The van der Waals surface area contributed by atoms with Gasteiger partial charge in [0.05, 0.1) is 13.3 Å². The lowest BCUT2D eigenvalue weighted by Crippen LogP contribution is -2.24. The third-order valence-corrected chi connectivity index (χ3v) is 3.14. The molecule has 0 bridgehead atoms. The van der Waals surface area contributed by atoms with E-state index in [9.17, 15) is 22.4 Å². The van der Waals surface area contributed by atoms with Gasteiger partial charge in [0.25, 0.3) is 0 Å². The number of benzene rings is 2. The highest BCUT2D eigenvalue weighted by Gasteiger charge is 2.21. The van der Waals surface area contributed by atoms with Crippen LogP contribution in [0.5, 0.6) is 11.5 Å². The average Bonchev–Trinajstić information content (AvgIpc) is 2.60. The number of hydrogen-bond donors (Lipinski definition) is 2. The molecule has 0 heterocycles. The van der Waals surface area contributed by atoms with Crippen LogP contribution in [-0.4, -0.2) is 19.4 Å². The Balaban J connectivity index is 2.26. The van der Waals surface area contributed by atoms with Crippen molar-refractivity contribution in [1.29, 1.82) is 0 Å². The third-order valence-electron chi connectivity index (χ3n) is 3.14. The SMILES string of the molecule is COc1ccc(C=NNC(N)=O)cc1COc1c(F)c(F)cc(F)c1F. The summed E-state index contributed by atoms with van der Waals surface area (Å²) in [5.41, 5.74) is 7.62. The van der Waals surface area contributed by atoms with Gasteiger partial charge in [-0.15, -0.1) is 0 Å². The van der Waals surface area contributed by atoms with E-state index in [-0.39, 0.29) is 6.07 Å². The summed E-state index contributed by atoms with van der Waals surface area (Å²) in [4.78, 5) is 10.6. The quantitative estimate of drug-likeness (QED) is 0.354. The minimum Gasteiger partial charge on any atom is -0.496 e. The van der Waals surface area contributed by atoms with Crippen molar-refractivity contribution in [3.05, 3.63) is 58.7 Å². The number of carbonyl (C=O) groups excluding carboxylic acids is 1. The number of primary amides is 1. The number of nitrogens with one attached hydrogen (secondary N) is 1. The maximum Gasteiger partial charge on any atom is 0.332 e. The van der Waals surface area contributed by atoms with E-state index in [0.717, 1.165) is 0 Å². The maximum atomic E-state index is 13.6. The Morgan fingerprint density at radius 3 is 2.42 bits per heavy atom. The second kappa shape index (κ2) is 8.19. The number of amides is 2. The van der Waals surface area contributed by atoms with Crippen LogP contribution in [0.2, 0.25) is 0 Å². The van der Waals surface area contributed by atoms with E-state index in [2.05, 4.69) is 5.10 Å². The van der Waals surface area contributed by atoms with Crippen molar-refractivity contribution >= 4 is 12.2 Å². The van der Waals surface area contributed by atoms with Crippen molar-refractivity contribution in [2.45, 2.75) is 6.61 Å². The minimum atomic E-state index is -1.65. The molecule has 0 aromatic heterocycles. The summed E-state index contributed by atoms with van der Waals surface area (Å²) >= 11 is 0. The Labute approximate surface area is 145 Å². The van der Waals surface area contributed by atoms with Gasteiger partial charge in [-0.2, -0.15) is 13.9 Å². The Hall–Kier alpha value is -3.30. The van der Waals surface area contributed by atoms with Gasteiger partial charge in [0.1, 0.15) is 12.4 Å². The van der Waals surface area contributed by atoms with Crippen LogP contribution in [0.4, 0.5) is 22.4 Å². The molecule has 138 valence electrons. The smallest absolute Gasteiger partial charge is 0.332 e. The number of rotatable bonds is 6. The lowest BCUT2D eigenvalue weighted by atomic mass is 10.1. The predicted octanol–water partition coefficient (Wildman–Crippen LogP) is 2.83. The van der Waals surface area contributed by atoms with E-state index < -0.39 is 41.7 Å². The number of urea groups is 1. The zero-order valence-corrected chi connectivity index (χ0v) is 13.4. The fraction of sp³-hybridized carbons (Fsp3) is 0.125. The van der Waals surface area contributed by atoms with Crippen LogP contribution in [0.3, 0.4) is 0 Å². The highest BCUT2D eigenvalue weighted by atomic mass is 19.2. The van der Waals surface area contributed by atoms with E-state index >= 15 is 0 Å². The summed E-state index contributed by atoms with van der Waals surface area (Å²) < 4.78 is 63.7. The number of hydrazone groups is 1. The van der Waals surface area contributed by atoms with Crippen LogP contribution >= 0.6 is 0 Å². The summed E-state index contributed by atoms with van der Waals surface area (Å²) in [6, 6.07) is 3.76. The van der Waals surface area contributed by atoms with Crippen molar-refractivity contribution in [1.82, 2.24) is 5.43 Å². The van der Waals surface area contributed by atoms with Crippen LogP contribution < -0.4 is 20.6 Å². The topological polar surface area (TPSA) is 85.9 Å². The Morgan fingerprint density at radius 1 is 1.19 bits per heavy atom. The Morgan fingerprint density at radius 2 is 1.85 bits per heavy atom. The van der Waals surface area contributed by atoms with Gasteiger partial charge >= 0.3 is 6.03 Å². The first kappa shape index (κ1) is 19.0. The first-order chi connectivity index (χ1) is 12.3. The largest absolute Gasteiger partial charge is 0.496 e. The van der Waals surface area contributed by atoms with Gasteiger partial charge in [-0.25, -0.2) is 19.0 Å². The highest BCUT2D eigenvalue weighted by Crippen LogP contribution is 2.28. The second-order valence-electron chi connectivity index (χ2n) is 4.89. The second-order valence-corrected chi connectivity index (χ2v) is 4.89. The molecule has 0 spiro atoms. The van der Waals surface area contributed by atoms with Crippen LogP contribution in [0.1, 0.15) is 11.1 Å². The molecule has 6 nitrogen and oxygen atoms in total. The molecule has 26 heavy (non-hydrogen) atoms. The molecule has 0 aliphatic rings. The first-order valence-electron chi connectivity index (χ1n) is 7.04. The Kier molecular flexibility index (Phi) is 5.99. The van der Waals surface area contributed by atoms with Gasteiger partial charge < -0.3 is 15.2 Å². The van der Waals surface area contributed by atoms with Crippen molar-refractivity contribution < 1.29 is 31.8 Å². The number of ether oxygens (including phenoxy) is 2. The molecule has 2 aromatic carbocycles. The van der Waals surface area contributed by atoms with Crippen molar-refractivity contribution in [2.75, 3.05) is 7.11 Å². The molecule has 2 rings (SSSR count). The molecule has 0 atom stereocenters. The lowest BCUT2D eigenvalue weighted by Gasteiger charge is -2.12. The molecule has 10 heteroatoms. The fourth-order valence-corrected chi connectivity index (χ4v) is 1.99. The van der Waals surface area contributed by atoms with Crippen molar-refractivity contribution in [3.8, 4) is 11.5 Å². The summed E-state index contributed by atoms with van der Waals surface area (Å²) in [6.07, 6.45) is 1.25. The average molecular weight is 371 g/mol. The molecule has 3 N–H and O–H groups in total. The number of methoxy groups -OCH3 is 1. The van der Waals surface area contributed by atoms with E-state index in [0.29, 0.717) is 16.9 Å². The van der Waals surface area contributed by atoms with Crippen LogP contribution in [-0.2, 0) is 6.61 Å². The number of nitrogens with zero attached hydrogens (tertiary/aromatic N) is 1. The monoisotopic (exact) mass is 371 g/mol. The van der Waals surface area contributed by atoms with Gasteiger partial charge in [0, 0.05) is 11.6 Å². The molecule has 0 fully saturated rings. The molecule has 2 aromatic rings. The van der Waals surface area contributed by atoms with Gasteiger partial charge in [0.2, 0.25) is 11.6 Å². The van der Waals surface area contributed by atoms with E-state index in [1.807, 2.05) is 5.43 Å². The van der Waals surface area contributed by atoms with Gasteiger partial charge in [-0.05, 0) is 23.8 Å². The number of nitrogens with two attached hydrogens (primary N) is 1. The summed E-state index contributed by atoms with van der Waals surface area (Å²) in [5, 5.41) is 3.56. The van der Waals surface area contributed by atoms with Gasteiger partial charge in [-0.1, -0.05) is 0 Å². The number of halogens is 4. The molecule has 0 aliphatic carbocycles. The molecule has 0 saturated carbocycles. The third kappa shape index (κ3) is 4.41. The minimum absolute atomic E-state index is 0.0843. The van der Waals surface area contributed by atoms with E-state index in [4.69, 9.17) is 15.2 Å². The predicted molar refractivity (Wildman–Crippen MR) is 83.9 cm³/mol. The van der Waals surface area contributed by atoms with E-state index in [1.165, 1.54) is 25.5 Å². The molecule has 0 saturated heterocycles. The van der Waals surface area contributed by atoms with Crippen LogP contribution in [0.15, 0.2) is 29.4 Å². The van der Waals surface area contributed by atoms with Gasteiger partial charge in [0.15, 0.2) is 17.4 Å². The van der Waals surface area contributed by atoms with Crippen LogP contribution in [0, 0.1) is 23.3 Å². The normalized spacial score (nSPS) is 10.8. The molecular weight excluding hydrogens is 358 g/mol.